The predicted octanol–water partition coefficient (Wildman–Crippen LogP) is 4.05. The molecule has 2 aromatic carbocycles. The molecule has 3 rings (SSSR count). The van der Waals surface area contributed by atoms with Crippen LogP contribution < -0.4 is 16.2 Å². The van der Waals surface area contributed by atoms with Crippen LogP contribution in [-0.4, -0.2) is 22.1 Å². The van der Waals surface area contributed by atoms with Gasteiger partial charge in [0.2, 0.25) is 17.6 Å². The first-order valence-electron chi connectivity index (χ1n) is 9.08. The van der Waals surface area contributed by atoms with Crippen molar-refractivity contribution in [2.45, 2.75) is 26.8 Å². The lowest BCUT2D eigenvalue weighted by atomic mass is 9.96. The molecule has 1 unspecified atom stereocenters. The Morgan fingerprint density at radius 1 is 1.13 bits per heavy atom. The van der Waals surface area contributed by atoms with Crippen LogP contribution in [0.4, 0.5) is 13.6 Å². The highest BCUT2D eigenvalue weighted by Gasteiger charge is 2.21. The molecule has 0 fully saturated rings. The van der Waals surface area contributed by atoms with Gasteiger partial charge >= 0.3 is 6.03 Å². The highest BCUT2D eigenvalue weighted by atomic mass is 35.5. The molecule has 3 N–H and O–H groups in total. The van der Waals surface area contributed by atoms with Crippen LogP contribution in [0.1, 0.15) is 31.3 Å². The van der Waals surface area contributed by atoms with Crippen molar-refractivity contribution in [3.8, 4) is 22.5 Å². The summed E-state index contributed by atoms with van der Waals surface area (Å²) in [6, 6.07) is 5.36. The van der Waals surface area contributed by atoms with Gasteiger partial charge in [0.05, 0.1) is 11.6 Å². The van der Waals surface area contributed by atoms with E-state index in [0.29, 0.717) is 5.56 Å². The lowest BCUT2D eigenvalue weighted by molar-refractivity contribution is -0.119. The van der Waals surface area contributed by atoms with Crippen LogP contribution in [0.3, 0.4) is 0 Å². The van der Waals surface area contributed by atoms with E-state index >= 15 is 0 Å². The number of urea groups is 1. The molecule has 0 spiro atoms. The van der Waals surface area contributed by atoms with Crippen molar-refractivity contribution in [1.82, 2.24) is 26.3 Å². The smallest absolute Gasteiger partial charge is 0.333 e. The molecule has 0 aliphatic carbocycles. The largest absolute Gasteiger partial charge is 0.339 e. The van der Waals surface area contributed by atoms with Crippen molar-refractivity contribution in [2.75, 3.05) is 0 Å². The Morgan fingerprint density at radius 3 is 2.48 bits per heavy atom. The second-order valence-corrected chi connectivity index (χ2v) is 7.12. The molecule has 3 aromatic rings. The summed E-state index contributed by atoms with van der Waals surface area (Å²) in [5.74, 6) is -1.53. The third kappa shape index (κ3) is 5.15. The molecule has 162 valence electrons. The molecule has 1 heterocycles. The number of aryl methyl sites for hydroxylation is 1. The average molecular weight is 450 g/mol. The number of amides is 3. The Balaban J connectivity index is 1.93. The summed E-state index contributed by atoms with van der Waals surface area (Å²) in [5.41, 5.74) is 5.06. The Labute approximate surface area is 180 Å². The zero-order chi connectivity index (χ0) is 22.7. The molecule has 0 saturated heterocycles. The number of nitrogens with one attached hydrogen (secondary N) is 3. The summed E-state index contributed by atoms with van der Waals surface area (Å²) in [7, 11) is 0. The molecule has 1 aromatic heterocycles. The number of rotatable bonds is 4. The topological polar surface area (TPSA) is 109 Å². The van der Waals surface area contributed by atoms with E-state index in [1.807, 2.05) is 0 Å². The van der Waals surface area contributed by atoms with Gasteiger partial charge in [-0.3, -0.25) is 10.2 Å². The van der Waals surface area contributed by atoms with Crippen LogP contribution in [0, 0.1) is 18.6 Å². The molecule has 0 aliphatic rings. The van der Waals surface area contributed by atoms with Gasteiger partial charge in [0, 0.05) is 24.4 Å². The van der Waals surface area contributed by atoms with E-state index in [2.05, 4.69) is 26.3 Å². The van der Waals surface area contributed by atoms with Crippen LogP contribution >= 0.6 is 11.6 Å². The van der Waals surface area contributed by atoms with Gasteiger partial charge in [0.15, 0.2) is 0 Å². The number of benzene rings is 2. The zero-order valence-electron chi connectivity index (χ0n) is 16.7. The van der Waals surface area contributed by atoms with Gasteiger partial charge in [-0.1, -0.05) is 28.9 Å². The Kier molecular flexibility index (Phi) is 6.50. The number of halogens is 3. The average Bonchev–Trinajstić information content (AvgIpc) is 3.11. The second-order valence-electron chi connectivity index (χ2n) is 6.68. The Morgan fingerprint density at radius 2 is 1.87 bits per heavy atom. The molecular formula is C20H18ClF2N5O3. The molecule has 31 heavy (non-hydrogen) atoms. The fourth-order valence-electron chi connectivity index (χ4n) is 2.93. The minimum absolute atomic E-state index is 0.0100. The summed E-state index contributed by atoms with van der Waals surface area (Å²) < 4.78 is 34.5. The maximum atomic E-state index is 14.9. The summed E-state index contributed by atoms with van der Waals surface area (Å²) in [6.07, 6.45) is 0. The van der Waals surface area contributed by atoms with Crippen molar-refractivity contribution in [3.63, 3.8) is 0 Å². The number of hydrogen-bond acceptors (Lipinski definition) is 5. The van der Waals surface area contributed by atoms with Gasteiger partial charge < -0.3 is 9.84 Å². The fourth-order valence-corrected chi connectivity index (χ4v) is 3.14. The first-order valence-corrected chi connectivity index (χ1v) is 9.46. The molecule has 0 aliphatic heterocycles. The van der Waals surface area contributed by atoms with E-state index in [4.69, 9.17) is 16.1 Å². The number of hydrazine groups is 1. The fraction of sp³-hybridized carbons (Fsp3) is 0.200. The summed E-state index contributed by atoms with van der Waals surface area (Å²) in [6.45, 7) is 4.36. The van der Waals surface area contributed by atoms with E-state index < -0.39 is 29.6 Å². The minimum Gasteiger partial charge on any atom is -0.339 e. The molecule has 0 bridgehead atoms. The van der Waals surface area contributed by atoms with E-state index in [9.17, 15) is 18.4 Å². The predicted molar refractivity (Wildman–Crippen MR) is 109 cm³/mol. The third-order valence-electron chi connectivity index (χ3n) is 4.28. The lowest BCUT2D eigenvalue weighted by Gasteiger charge is -2.17. The van der Waals surface area contributed by atoms with Crippen molar-refractivity contribution >= 4 is 23.5 Å². The standard InChI is InChI=1S/C20H18ClF2N5O3/c1-9(24-20(30)27-26-10(2)29)14-5-4-12(6-16(14)22)15-7-13(21)8-17(23)18(15)19-25-11(3)31-28-19/h4-9H,1-3H3,(H,26,29)(H2,24,27,30). The van der Waals surface area contributed by atoms with E-state index in [1.165, 1.54) is 25.1 Å². The Bertz CT molecular complexity index is 1150. The SMILES string of the molecule is CC(=O)NNC(=O)NC(C)c1ccc(-c2cc(Cl)cc(F)c2-c2noc(C)n2)cc1F. The molecular weight excluding hydrogens is 432 g/mol. The van der Waals surface area contributed by atoms with Crippen molar-refractivity contribution < 1.29 is 22.9 Å². The maximum absolute atomic E-state index is 14.9. The quantitative estimate of drug-likeness (QED) is 0.520. The first kappa shape index (κ1) is 22.2. The number of aromatic nitrogens is 2. The number of nitrogens with zero attached hydrogens (tertiary/aromatic N) is 2. The molecule has 1 atom stereocenters. The second kappa shape index (κ2) is 9.09. The van der Waals surface area contributed by atoms with Crippen LogP contribution in [0.25, 0.3) is 22.5 Å². The maximum Gasteiger partial charge on any atom is 0.333 e. The molecule has 3 amide bonds. The van der Waals surface area contributed by atoms with Crippen LogP contribution in [-0.2, 0) is 4.79 Å². The van der Waals surface area contributed by atoms with Gasteiger partial charge in [0.25, 0.3) is 0 Å². The number of hydrogen-bond donors (Lipinski definition) is 3. The monoisotopic (exact) mass is 449 g/mol. The van der Waals surface area contributed by atoms with Crippen molar-refractivity contribution in [1.29, 1.82) is 0 Å². The third-order valence-corrected chi connectivity index (χ3v) is 4.50. The molecule has 8 nitrogen and oxygen atoms in total. The number of carbonyl (C=O) groups is 2. The van der Waals surface area contributed by atoms with E-state index in [1.54, 1.807) is 19.9 Å². The van der Waals surface area contributed by atoms with Crippen LogP contribution in [0.2, 0.25) is 5.02 Å². The Hall–Kier alpha value is -3.53. The van der Waals surface area contributed by atoms with Crippen LogP contribution in [0.15, 0.2) is 34.9 Å². The zero-order valence-corrected chi connectivity index (χ0v) is 17.5. The van der Waals surface area contributed by atoms with Gasteiger partial charge in [-0.05, 0) is 36.2 Å². The summed E-state index contributed by atoms with van der Waals surface area (Å²) >= 11 is 6.01. The summed E-state index contributed by atoms with van der Waals surface area (Å²) in [5, 5.41) is 6.35. The van der Waals surface area contributed by atoms with Gasteiger partial charge in [-0.2, -0.15) is 4.98 Å². The highest BCUT2D eigenvalue weighted by molar-refractivity contribution is 6.31. The molecule has 0 saturated carbocycles. The van der Waals surface area contributed by atoms with E-state index in [-0.39, 0.29) is 33.4 Å². The van der Waals surface area contributed by atoms with Gasteiger partial charge in [-0.25, -0.2) is 19.0 Å². The molecule has 0 radical (unpaired) electrons. The normalized spacial score (nSPS) is 11.7. The highest BCUT2D eigenvalue weighted by Crippen LogP contribution is 2.36. The van der Waals surface area contributed by atoms with Gasteiger partial charge in [0.1, 0.15) is 11.6 Å². The number of carbonyl (C=O) groups excluding carboxylic acids is 2. The minimum atomic E-state index is -0.724. The summed E-state index contributed by atoms with van der Waals surface area (Å²) in [4.78, 5) is 26.7. The van der Waals surface area contributed by atoms with Crippen LogP contribution in [0.5, 0.6) is 0 Å². The lowest BCUT2D eigenvalue weighted by Crippen LogP contribution is -2.46. The first-order chi connectivity index (χ1) is 14.7. The van der Waals surface area contributed by atoms with E-state index in [0.717, 1.165) is 6.07 Å². The van der Waals surface area contributed by atoms with Crippen molar-refractivity contribution in [3.05, 3.63) is 58.4 Å². The molecule has 11 heteroatoms. The van der Waals surface area contributed by atoms with Crippen molar-refractivity contribution in [2.24, 2.45) is 0 Å². The van der Waals surface area contributed by atoms with Gasteiger partial charge in [-0.15, -0.1) is 0 Å².